The van der Waals surface area contributed by atoms with Gasteiger partial charge in [0.15, 0.2) is 16.9 Å². The number of hydrogen-bond acceptors (Lipinski definition) is 6. The molecule has 0 spiro atoms. The first-order valence-electron chi connectivity index (χ1n) is 7.86. The standard InChI is InChI=1S/C17H15ClN6O2/c1-10-4-13(26-23-10)7-25-14-3-2-12(18)5-11(14)6-24-9-22-17-15(16(24)19)20-8-21-17/h2-5,8-9,19H,6-7H2,1H3,(H,20,21). The number of aryl methyl sites for hydroxylation is 1. The van der Waals surface area contributed by atoms with Crippen LogP contribution in [0.1, 0.15) is 17.0 Å². The van der Waals surface area contributed by atoms with Gasteiger partial charge in [-0.15, -0.1) is 0 Å². The molecule has 132 valence electrons. The van der Waals surface area contributed by atoms with Crippen LogP contribution in [0.15, 0.2) is 41.4 Å². The first-order chi connectivity index (χ1) is 12.6. The maximum absolute atomic E-state index is 8.32. The van der Waals surface area contributed by atoms with Crippen LogP contribution >= 0.6 is 11.6 Å². The number of nitrogens with one attached hydrogen (secondary N) is 2. The third-order valence-electron chi connectivity index (χ3n) is 3.87. The number of ether oxygens (including phenoxy) is 1. The molecule has 1 aromatic carbocycles. The number of hydrogen-bond donors (Lipinski definition) is 2. The van der Waals surface area contributed by atoms with E-state index in [1.54, 1.807) is 23.0 Å². The van der Waals surface area contributed by atoms with E-state index < -0.39 is 0 Å². The molecule has 4 aromatic rings. The fourth-order valence-corrected chi connectivity index (χ4v) is 2.83. The summed E-state index contributed by atoms with van der Waals surface area (Å²) in [5.74, 6) is 1.29. The second-order valence-corrected chi connectivity index (χ2v) is 6.23. The molecule has 0 aliphatic rings. The third kappa shape index (κ3) is 3.18. The van der Waals surface area contributed by atoms with Crippen LogP contribution in [-0.2, 0) is 13.2 Å². The zero-order valence-electron chi connectivity index (χ0n) is 13.9. The van der Waals surface area contributed by atoms with Gasteiger partial charge < -0.3 is 18.8 Å². The van der Waals surface area contributed by atoms with E-state index in [2.05, 4.69) is 20.1 Å². The SMILES string of the molecule is Cc1cc(COc2ccc(Cl)cc2Cn2cnc3nc[nH]c3c2=N)on1. The number of imidazole rings is 1. The molecule has 0 unspecified atom stereocenters. The molecule has 3 heterocycles. The number of aromatic amines is 1. The van der Waals surface area contributed by atoms with E-state index in [0.717, 1.165) is 11.3 Å². The minimum absolute atomic E-state index is 0.256. The summed E-state index contributed by atoms with van der Waals surface area (Å²) in [5, 5.41) is 12.8. The average Bonchev–Trinajstić information content (AvgIpc) is 3.26. The maximum atomic E-state index is 8.32. The molecular formula is C17H15ClN6O2. The van der Waals surface area contributed by atoms with E-state index in [0.29, 0.717) is 34.2 Å². The van der Waals surface area contributed by atoms with E-state index >= 15 is 0 Å². The summed E-state index contributed by atoms with van der Waals surface area (Å²) >= 11 is 6.15. The summed E-state index contributed by atoms with van der Waals surface area (Å²) in [4.78, 5) is 11.2. The van der Waals surface area contributed by atoms with Gasteiger partial charge in [-0.25, -0.2) is 9.97 Å². The molecule has 0 atom stereocenters. The highest BCUT2D eigenvalue weighted by Crippen LogP contribution is 2.24. The lowest BCUT2D eigenvalue weighted by Gasteiger charge is -2.13. The highest BCUT2D eigenvalue weighted by molar-refractivity contribution is 6.30. The third-order valence-corrected chi connectivity index (χ3v) is 4.11. The summed E-state index contributed by atoms with van der Waals surface area (Å²) in [6.07, 6.45) is 3.10. The van der Waals surface area contributed by atoms with E-state index in [1.165, 1.54) is 6.33 Å². The molecule has 0 radical (unpaired) electrons. The topological polar surface area (TPSA) is 106 Å². The van der Waals surface area contributed by atoms with Crippen LogP contribution < -0.4 is 10.2 Å². The second-order valence-electron chi connectivity index (χ2n) is 5.80. The van der Waals surface area contributed by atoms with Crippen molar-refractivity contribution in [3.63, 3.8) is 0 Å². The molecule has 4 rings (SSSR count). The molecule has 0 amide bonds. The van der Waals surface area contributed by atoms with Gasteiger partial charge in [0.2, 0.25) is 0 Å². The number of H-pyrrole nitrogens is 1. The van der Waals surface area contributed by atoms with E-state index in [4.69, 9.17) is 26.3 Å². The first-order valence-corrected chi connectivity index (χ1v) is 8.24. The summed E-state index contributed by atoms with van der Waals surface area (Å²) in [7, 11) is 0. The van der Waals surface area contributed by atoms with Crippen molar-refractivity contribution in [2.24, 2.45) is 0 Å². The Balaban J connectivity index is 1.63. The molecular weight excluding hydrogens is 356 g/mol. The molecule has 0 fully saturated rings. The second kappa shape index (κ2) is 6.64. The maximum Gasteiger partial charge on any atom is 0.182 e. The molecule has 0 saturated carbocycles. The Morgan fingerprint density at radius 2 is 2.19 bits per heavy atom. The predicted molar refractivity (Wildman–Crippen MR) is 93.9 cm³/mol. The van der Waals surface area contributed by atoms with Crippen LogP contribution in [0.3, 0.4) is 0 Å². The molecule has 8 nitrogen and oxygen atoms in total. The summed E-state index contributed by atoms with van der Waals surface area (Å²) in [6, 6.07) is 7.19. The van der Waals surface area contributed by atoms with Crippen molar-refractivity contribution in [1.29, 1.82) is 5.41 Å². The summed E-state index contributed by atoms with van der Waals surface area (Å²) in [6.45, 7) is 2.49. The van der Waals surface area contributed by atoms with Crippen molar-refractivity contribution in [2.75, 3.05) is 0 Å². The highest BCUT2D eigenvalue weighted by Gasteiger charge is 2.10. The van der Waals surface area contributed by atoms with Gasteiger partial charge in [-0.05, 0) is 25.1 Å². The van der Waals surface area contributed by atoms with Crippen molar-refractivity contribution in [3.8, 4) is 5.75 Å². The van der Waals surface area contributed by atoms with Gasteiger partial charge in [-0.1, -0.05) is 16.8 Å². The largest absolute Gasteiger partial charge is 0.485 e. The van der Waals surface area contributed by atoms with Crippen molar-refractivity contribution in [2.45, 2.75) is 20.1 Å². The Morgan fingerprint density at radius 3 is 3.00 bits per heavy atom. The van der Waals surface area contributed by atoms with Crippen LogP contribution in [0.2, 0.25) is 5.02 Å². The van der Waals surface area contributed by atoms with Crippen molar-refractivity contribution in [3.05, 3.63) is 64.4 Å². The number of fused-ring (bicyclic) bond motifs is 1. The predicted octanol–water partition coefficient (Wildman–Crippen LogP) is 2.82. The number of halogens is 1. The molecule has 2 N–H and O–H groups in total. The Hall–Kier alpha value is -3.13. The van der Waals surface area contributed by atoms with Crippen LogP contribution in [0.25, 0.3) is 11.2 Å². The van der Waals surface area contributed by atoms with Gasteiger partial charge in [0.05, 0.1) is 24.9 Å². The summed E-state index contributed by atoms with van der Waals surface area (Å²) < 4.78 is 12.7. The van der Waals surface area contributed by atoms with Crippen LogP contribution in [0.4, 0.5) is 0 Å². The number of nitrogens with zero attached hydrogens (tertiary/aromatic N) is 4. The van der Waals surface area contributed by atoms with Crippen molar-refractivity contribution >= 4 is 22.8 Å². The average molecular weight is 371 g/mol. The van der Waals surface area contributed by atoms with Gasteiger partial charge in [0.1, 0.15) is 17.9 Å². The number of rotatable bonds is 5. The minimum atomic E-state index is 0.256. The lowest BCUT2D eigenvalue weighted by Crippen LogP contribution is -2.21. The minimum Gasteiger partial charge on any atom is -0.485 e. The summed E-state index contributed by atoms with van der Waals surface area (Å²) in [5.41, 5.74) is 2.99. The Kier molecular flexibility index (Phi) is 4.18. The molecule has 3 aromatic heterocycles. The fraction of sp³-hybridized carbons (Fsp3) is 0.176. The van der Waals surface area contributed by atoms with E-state index in [9.17, 15) is 0 Å². The number of aromatic nitrogens is 5. The first kappa shape index (κ1) is 16.3. The fourth-order valence-electron chi connectivity index (χ4n) is 2.63. The zero-order chi connectivity index (χ0) is 18.1. The molecule has 0 saturated heterocycles. The molecule has 26 heavy (non-hydrogen) atoms. The highest BCUT2D eigenvalue weighted by atomic mass is 35.5. The van der Waals surface area contributed by atoms with E-state index in [1.807, 2.05) is 19.1 Å². The number of benzene rings is 1. The smallest absolute Gasteiger partial charge is 0.182 e. The van der Waals surface area contributed by atoms with Gasteiger partial charge in [-0.2, -0.15) is 0 Å². The monoisotopic (exact) mass is 370 g/mol. The van der Waals surface area contributed by atoms with Gasteiger partial charge in [0, 0.05) is 16.7 Å². The van der Waals surface area contributed by atoms with Gasteiger partial charge in [0.25, 0.3) is 0 Å². The molecule has 9 heteroatoms. The lowest BCUT2D eigenvalue weighted by atomic mass is 10.2. The quantitative estimate of drug-likeness (QED) is 0.562. The molecule has 0 aliphatic carbocycles. The normalized spacial score (nSPS) is 11.2. The van der Waals surface area contributed by atoms with Crippen LogP contribution in [-0.4, -0.2) is 24.7 Å². The zero-order valence-corrected chi connectivity index (χ0v) is 14.6. The van der Waals surface area contributed by atoms with Crippen molar-refractivity contribution in [1.82, 2.24) is 24.7 Å². The lowest BCUT2D eigenvalue weighted by molar-refractivity contribution is 0.246. The Bertz CT molecular complexity index is 1130. The Labute approximate surface area is 152 Å². The van der Waals surface area contributed by atoms with Gasteiger partial charge >= 0.3 is 0 Å². The van der Waals surface area contributed by atoms with Gasteiger partial charge in [-0.3, -0.25) is 5.41 Å². The molecule has 0 aliphatic heterocycles. The van der Waals surface area contributed by atoms with Crippen LogP contribution in [0, 0.1) is 12.3 Å². The Morgan fingerprint density at radius 1 is 1.31 bits per heavy atom. The van der Waals surface area contributed by atoms with Crippen molar-refractivity contribution < 1.29 is 9.26 Å². The molecule has 0 bridgehead atoms. The van der Waals surface area contributed by atoms with Crippen LogP contribution in [0.5, 0.6) is 5.75 Å². The van der Waals surface area contributed by atoms with E-state index in [-0.39, 0.29) is 12.1 Å².